The number of nitrogens with zero attached hydrogens (tertiary/aromatic N) is 1. The van der Waals surface area contributed by atoms with Crippen molar-refractivity contribution in [1.29, 1.82) is 0 Å². The zero-order valence-corrected chi connectivity index (χ0v) is 15.5. The van der Waals surface area contributed by atoms with E-state index in [1.165, 1.54) is 11.3 Å². The number of aryl methyl sites for hydroxylation is 3. The smallest absolute Gasteiger partial charge is 0.331 e. The number of carbonyl (C=O) groups excluding carboxylic acids is 1. The van der Waals surface area contributed by atoms with E-state index >= 15 is 0 Å². The number of rotatable bonds is 5. The molecular formula is C19H19N3O3S. The first-order valence-electron chi connectivity index (χ1n) is 8.09. The van der Waals surface area contributed by atoms with E-state index in [0.717, 1.165) is 16.0 Å². The summed E-state index contributed by atoms with van der Waals surface area (Å²) in [4.78, 5) is 25.9. The second kappa shape index (κ2) is 7.13. The van der Waals surface area contributed by atoms with E-state index in [4.69, 9.17) is 0 Å². The molecule has 0 bridgehead atoms. The number of thiophene rings is 1. The minimum atomic E-state index is -1.15. The zero-order valence-electron chi connectivity index (χ0n) is 14.7. The number of benzene rings is 1. The van der Waals surface area contributed by atoms with E-state index in [1.54, 1.807) is 19.9 Å². The Balaban J connectivity index is 1.89. The molecule has 3 aromatic rings. The first-order chi connectivity index (χ1) is 12.4. The molecule has 1 atom stereocenters. The van der Waals surface area contributed by atoms with E-state index in [9.17, 15) is 14.7 Å². The summed E-state index contributed by atoms with van der Waals surface area (Å²) in [7, 11) is 0. The number of carboxylic acids is 1. The first-order valence-corrected chi connectivity index (χ1v) is 8.91. The number of aromatic nitrogens is 2. The molecule has 0 radical (unpaired) electrons. The van der Waals surface area contributed by atoms with Crippen LogP contribution in [0.4, 0.5) is 0 Å². The van der Waals surface area contributed by atoms with Gasteiger partial charge in [-0.2, -0.15) is 5.10 Å². The lowest BCUT2D eigenvalue weighted by Crippen LogP contribution is -2.34. The SMILES string of the molecule is Cc1cc(C(=O)N[C@@H](C(=O)O)c2c(C)n[nH]c2C)sc1-c1ccccc1. The molecule has 3 N–H and O–H groups in total. The number of amides is 1. The van der Waals surface area contributed by atoms with Gasteiger partial charge in [0.1, 0.15) is 0 Å². The van der Waals surface area contributed by atoms with Gasteiger partial charge < -0.3 is 10.4 Å². The van der Waals surface area contributed by atoms with Crippen LogP contribution < -0.4 is 5.32 Å². The van der Waals surface area contributed by atoms with E-state index in [1.807, 2.05) is 37.3 Å². The maximum absolute atomic E-state index is 12.7. The molecule has 0 aliphatic rings. The maximum atomic E-state index is 12.7. The van der Waals surface area contributed by atoms with Crippen LogP contribution in [-0.4, -0.2) is 27.2 Å². The summed E-state index contributed by atoms with van der Waals surface area (Å²) < 4.78 is 0. The third-order valence-corrected chi connectivity index (χ3v) is 5.46. The molecule has 1 aromatic carbocycles. The van der Waals surface area contributed by atoms with Crippen LogP contribution in [0.2, 0.25) is 0 Å². The Morgan fingerprint density at radius 2 is 1.88 bits per heavy atom. The van der Waals surface area contributed by atoms with Crippen LogP contribution in [0.25, 0.3) is 10.4 Å². The lowest BCUT2D eigenvalue weighted by atomic mass is 10.0. The van der Waals surface area contributed by atoms with Gasteiger partial charge in [0.15, 0.2) is 6.04 Å². The molecule has 3 rings (SSSR count). The van der Waals surface area contributed by atoms with Crippen molar-refractivity contribution < 1.29 is 14.7 Å². The van der Waals surface area contributed by atoms with E-state index in [2.05, 4.69) is 15.5 Å². The Labute approximate surface area is 154 Å². The normalized spacial score (nSPS) is 12.0. The molecule has 26 heavy (non-hydrogen) atoms. The molecule has 7 heteroatoms. The van der Waals surface area contributed by atoms with Gasteiger partial charge in [0.25, 0.3) is 5.91 Å². The average Bonchev–Trinajstić information content (AvgIpc) is 3.16. The Morgan fingerprint density at radius 3 is 2.46 bits per heavy atom. The summed E-state index contributed by atoms with van der Waals surface area (Å²) in [6.07, 6.45) is 0. The highest BCUT2D eigenvalue weighted by atomic mass is 32.1. The van der Waals surface area contributed by atoms with Crippen LogP contribution >= 0.6 is 11.3 Å². The lowest BCUT2D eigenvalue weighted by Gasteiger charge is -2.14. The van der Waals surface area contributed by atoms with E-state index in [0.29, 0.717) is 21.8 Å². The Morgan fingerprint density at radius 1 is 1.19 bits per heavy atom. The highest BCUT2D eigenvalue weighted by Gasteiger charge is 2.28. The topological polar surface area (TPSA) is 95.1 Å². The van der Waals surface area contributed by atoms with Crippen LogP contribution in [0.3, 0.4) is 0 Å². The van der Waals surface area contributed by atoms with Gasteiger partial charge in [0.05, 0.1) is 10.6 Å². The molecule has 6 nitrogen and oxygen atoms in total. The quantitative estimate of drug-likeness (QED) is 0.640. The van der Waals surface area contributed by atoms with E-state index < -0.39 is 17.9 Å². The minimum absolute atomic E-state index is 0.410. The molecule has 0 saturated heterocycles. The van der Waals surface area contributed by atoms with Gasteiger partial charge in [-0.1, -0.05) is 30.3 Å². The molecule has 2 heterocycles. The van der Waals surface area contributed by atoms with Gasteiger partial charge in [-0.25, -0.2) is 4.79 Å². The number of nitrogens with one attached hydrogen (secondary N) is 2. The number of aromatic amines is 1. The van der Waals surface area contributed by atoms with Crippen LogP contribution in [0, 0.1) is 20.8 Å². The Kier molecular flexibility index (Phi) is 4.90. The summed E-state index contributed by atoms with van der Waals surface area (Å²) in [6.45, 7) is 5.39. The van der Waals surface area contributed by atoms with Gasteiger partial charge in [-0.15, -0.1) is 11.3 Å². The van der Waals surface area contributed by atoms with Crippen molar-refractivity contribution in [1.82, 2.24) is 15.5 Å². The van der Waals surface area contributed by atoms with Crippen molar-refractivity contribution >= 4 is 23.2 Å². The van der Waals surface area contributed by atoms with Crippen LogP contribution in [0.5, 0.6) is 0 Å². The van der Waals surface area contributed by atoms with E-state index in [-0.39, 0.29) is 0 Å². The van der Waals surface area contributed by atoms with Gasteiger partial charge in [-0.05, 0) is 38.0 Å². The summed E-state index contributed by atoms with van der Waals surface area (Å²) in [6, 6.07) is 10.4. The Bertz CT molecular complexity index is 940. The van der Waals surface area contributed by atoms with Crippen molar-refractivity contribution in [3.05, 3.63) is 63.8 Å². The minimum Gasteiger partial charge on any atom is -0.479 e. The predicted molar refractivity (Wildman–Crippen MR) is 100 cm³/mol. The highest BCUT2D eigenvalue weighted by molar-refractivity contribution is 7.17. The van der Waals surface area contributed by atoms with Crippen molar-refractivity contribution in [2.75, 3.05) is 0 Å². The average molecular weight is 369 g/mol. The van der Waals surface area contributed by atoms with Crippen LogP contribution in [0.15, 0.2) is 36.4 Å². The maximum Gasteiger partial charge on any atom is 0.331 e. The number of carboxylic acid groups (broad SMARTS) is 1. The third-order valence-electron chi connectivity index (χ3n) is 4.17. The van der Waals surface area contributed by atoms with Crippen molar-refractivity contribution in [3.63, 3.8) is 0 Å². The summed E-state index contributed by atoms with van der Waals surface area (Å²) >= 11 is 1.35. The number of carbonyl (C=O) groups is 2. The molecule has 0 fully saturated rings. The molecule has 0 aliphatic carbocycles. The fourth-order valence-electron chi connectivity index (χ4n) is 2.91. The van der Waals surface area contributed by atoms with Gasteiger partial charge >= 0.3 is 5.97 Å². The van der Waals surface area contributed by atoms with Gasteiger partial charge in [0.2, 0.25) is 0 Å². The fraction of sp³-hybridized carbons (Fsp3) is 0.211. The second-order valence-electron chi connectivity index (χ2n) is 6.08. The lowest BCUT2D eigenvalue weighted by molar-refractivity contribution is -0.139. The third kappa shape index (κ3) is 3.39. The summed E-state index contributed by atoms with van der Waals surface area (Å²) in [5, 5.41) is 19.0. The molecule has 0 unspecified atom stereocenters. The van der Waals surface area contributed by atoms with Crippen molar-refractivity contribution in [2.24, 2.45) is 0 Å². The van der Waals surface area contributed by atoms with Gasteiger partial charge in [-0.3, -0.25) is 9.89 Å². The number of hydrogen-bond acceptors (Lipinski definition) is 4. The fourth-order valence-corrected chi connectivity index (χ4v) is 4.00. The predicted octanol–water partition coefficient (Wildman–Crippen LogP) is 3.62. The zero-order chi connectivity index (χ0) is 18.8. The molecule has 2 aromatic heterocycles. The molecule has 134 valence electrons. The van der Waals surface area contributed by atoms with Gasteiger partial charge in [0, 0.05) is 16.1 Å². The van der Waals surface area contributed by atoms with Crippen molar-refractivity contribution in [3.8, 4) is 10.4 Å². The molecule has 0 spiro atoms. The largest absolute Gasteiger partial charge is 0.479 e. The molecule has 0 saturated carbocycles. The number of hydrogen-bond donors (Lipinski definition) is 3. The molecular weight excluding hydrogens is 350 g/mol. The van der Waals surface area contributed by atoms with Crippen LogP contribution in [-0.2, 0) is 4.79 Å². The number of H-pyrrole nitrogens is 1. The van der Waals surface area contributed by atoms with Crippen LogP contribution in [0.1, 0.15) is 38.2 Å². The first kappa shape index (κ1) is 17.9. The highest BCUT2D eigenvalue weighted by Crippen LogP contribution is 2.32. The van der Waals surface area contributed by atoms with Crippen molar-refractivity contribution in [2.45, 2.75) is 26.8 Å². The number of aliphatic carboxylic acids is 1. The molecule has 0 aliphatic heterocycles. The molecule has 1 amide bonds. The second-order valence-corrected chi connectivity index (χ2v) is 7.13. The standard InChI is InChI=1S/C19H19N3O3S/c1-10-9-14(26-17(10)13-7-5-4-6-8-13)18(23)20-16(19(24)25)15-11(2)21-22-12(15)3/h4-9,16H,1-3H3,(H,20,23)(H,21,22)(H,24,25)/t16-/m1/s1. The summed E-state index contributed by atoms with van der Waals surface area (Å²) in [5.41, 5.74) is 3.69. The Hall–Kier alpha value is -2.93. The summed E-state index contributed by atoms with van der Waals surface area (Å²) in [5.74, 6) is -1.53. The monoisotopic (exact) mass is 369 g/mol.